The normalized spacial score (nSPS) is 17.6. The van der Waals surface area contributed by atoms with Gasteiger partial charge in [0, 0.05) is 48.3 Å². The Morgan fingerprint density at radius 2 is 1.81 bits per heavy atom. The molecular weight excluding hydrogens is 464 g/mol. The topological polar surface area (TPSA) is 107 Å². The van der Waals surface area contributed by atoms with Gasteiger partial charge in [0.15, 0.2) is 0 Å². The fourth-order valence-corrected chi connectivity index (χ4v) is 5.31. The summed E-state index contributed by atoms with van der Waals surface area (Å²) in [5.41, 5.74) is 9.68. The number of carbonyl (C=O) groups excluding carboxylic acids is 1. The van der Waals surface area contributed by atoms with Crippen molar-refractivity contribution in [2.24, 2.45) is 5.92 Å². The molecule has 1 amide bonds. The molecule has 8 nitrogen and oxygen atoms in total. The number of nitrogens with two attached hydrogens (primary N) is 1. The first-order chi connectivity index (χ1) is 18.1. The Morgan fingerprint density at radius 1 is 1.03 bits per heavy atom. The van der Waals surface area contributed by atoms with Crippen LogP contribution in [0.1, 0.15) is 37.4 Å². The van der Waals surface area contributed by atoms with Gasteiger partial charge in [0.2, 0.25) is 11.8 Å². The lowest BCUT2D eigenvalue weighted by atomic mass is 9.81. The third kappa shape index (κ3) is 4.35. The van der Waals surface area contributed by atoms with Crippen LogP contribution < -0.4 is 15.8 Å². The molecular formula is C29H28N6O2. The van der Waals surface area contributed by atoms with Gasteiger partial charge in [-0.3, -0.25) is 9.20 Å². The molecule has 3 N–H and O–H groups in total. The Bertz CT molecular complexity index is 1590. The maximum Gasteiger partial charge on any atom is 0.222 e. The van der Waals surface area contributed by atoms with Crippen LogP contribution in [0.15, 0.2) is 73.1 Å². The number of nitrogen functional groups attached to an aromatic ring is 1. The molecule has 37 heavy (non-hydrogen) atoms. The van der Waals surface area contributed by atoms with Crippen molar-refractivity contribution in [1.29, 1.82) is 0 Å². The van der Waals surface area contributed by atoms with Crippen molar-refractivity contribution in [2.45, 2.75) is 31.6 Å². The number of carbonyl (C=O) groups is 1. The zero-order valence-electron chi connectivity index (χ0n) is 20.6. The molecule has 0 spiro atoms. The van der Waals surface area contributed by atoms with Crippen LogP contribution in [0.25, 0.3) is 27.7 Å². The minimum absolute atomic E-state index is 0.0672. The molecule has 3 heterocycles. The van der Waals surface area contributed by atoms with Crippen LogP contribution in [0.5, 0.6) is 11.6 Å². The minimum atomic E-state index is 0.0672. The summed E-state index contributed by atoms with van der Waals surface area (Å²) in [5.74, 6) is 3.10. The lowest BCUT2D eigenvalue weighted by molar-refractivity contribution is -0.125. The zero-order chi connectivity index (χ0) is 25.4. The van der Waals surface area contributed by atoms with Crippen LogP contribution in [0.3, 0.4) is 0 Å². The molecule has 0 unspecified atom stereocenters. The number of aromatic nitrogens is 4. The number of nitrogens with one attached hydrogen (secondary N) is 1. The van der Waals surface area contributed by atoms with Crippen molar-refractivity contribution >= 4 is 28.1 Å². The molecule has 0 radical (unpaired) electrons. The number of hydrogen-bond donors (Lipinski definition) is 2. The quantitative estimate of drug-likeness (QED) is 0.343. The Morgan fingerprint density at radius 3 is 2.59 bits per heavy atom. The van der Waals surface area contributed by atoms with Crippen LogP contribution >= 0.6 is 0 Å². The Kier molecular flexibility index (Phi) is 5.92. The van der Waals surface area contributed by atoms with E-state index >= 15 is 0 Å². The summed E-state index contributed by atoms with van der Waals surface area (Å²) in [6.07, 6.45) is 7.13. The van der Waals surface area contributed by atoms with Gasteiger partial charge >= 0.3 is 0 Å². The number of imidazole rings is 1. The maximum atomic E-state index is 12.1. The second-order valence-electron chi connectivity index (χ2n) is 9.48. The van der Waals surface area contributed by atoms with Crippen LogP contribution in [0, 0.1) is 5.92 Å². The van der Waals surface area contributed by atoms with E-state index in [4.69, 9.17) is 20.4 Å². The molecule has 1 aliphatic carbocycles. The monoisotopic (exact) mass is 492 g/mol. The van der Waals surface area contributed by atoms with E-state index in [9.17, 15) is 4.79 Å². The third-order valence-corrected chi connectivity index (χ3v) is 7.23. The molecule has 0 aliphatic heterocycles. The average molecular weight is 493 g/mol. The number of rotatable bonds is 5. The number of benzene rings is 2. The van der Waals surface area contributed by atoms with Gasteiger partial charge in [0.25, 0.3) is 0 Å². The first-order valence-corrected chi connectivity index (χ1v) is 12.6. The SMILES string of the molecule is CNC(=O)C1CCC(c2nc(-c3ccc4ccc(Oc5ccccc5)nc4c3)c3c(N)nccn23)CC1. The zero-order valence-corrected chi connectivity index (χ0v) is 20.6. The minimum Gasteiger partial charge on any atom is -0.439 e. The highest BCUT2D eigenvalue weighted by Gasteiger charge is 2.30. The molecule has 5 aromatic rings. The predicted octanol–water partition coefficient (Wildman–Crippen LogP) is 5.34. The molecule has 1 aliphatic rings. The second-order valence-corrected chi connectivity index (χ2v) is 9.48. The molecule has 0 atom stereocenters. The number of fused-ring (bicyclic) bond motifs is 2. The molecule has 186 valence electrons. The van der Waals surface area contributed by atoms with Gasteiger partial charge < -0.3 is 15.8 Å². The molecule has 3 aromatic heterocycles. The number of amides is 1. The van der Waals surface area contributed by atoms with Gasteiger partial charge in [0.1, 0.15) is 28.6 Å². The first-order valence-electron chi connectivity index (χ1n) is 12.6. The Hall–Kier alpha value is -4.46. The smallest absolute Gasteiger partial charge is 0.222 e. The Balaban J connectivity index is 1.37. The van der Waals surface area contributed by atoms with E-state index < -0.39 is 0 Å². The van der Waals surface area contributed by atoms with E-state index in [-0.39, 0.29) is 17.7 Å². The van der Waals surface area contributed by atoms with Gasteiger partial charge in [0.05, 0.1) is 5.52 Å². The lowest BCUT2D eigenvalue weighted by Gasteiger charge is -2.26. The second kappa shape index (κ2) is 9.54. The van der Waals surface area contributed by atoms with Gasteiger partial charge in [-0.2, -0.15) is 0 Å². The highest BCUT2D eigenvalue weighted by Crippen LogP contribution is 2.39. The van der Waals surface area contributed by atoms with Gasteiger partial charge in [-0.15, -0.1) is 0 Å². The van der Waals surface area contributed by atoms with Crippen LogP contribution in [-0.4, -0.2) is 32.3 Å². The summed E-state index contributed by atoms with van der Waals surface area (Å²) in [7, 11) is 1.70. The van der Waals surface area contributed by atoms with Crippen molar-refractivity contribution in [2.75, 3.05) is 12.8 Å². The van der Waals surface area contributed by atoms with Crippen LogP contribution in [-0.2, 0) is 4.79 Å². The molecule has 2 aromatic carbocycles. The summed E-state index contributed by atoms with van der Waals surface area (Å²) in [6, 6.07) is 19.6. The summed E-state index contributed by atoms with van der Waals surface area (Å²) in [4.78, 5) is 26.3. The number of para-hydroxylation sites is 1. The Labute approximate surface area is 214 Å². The van der Waals surface area contributed by atoms with Crippen molar-refractivity contribution < 1.29 is 9.53 Å². The third-order valence-electron chi connectivity index (χ3n) is 7.23. The summed E-state index contributed by atoms with van der Waals surface area (Å²) >= 11 is 0. The lowest BCUT2D eigenvalue weighted by Crippen LogP contribution is -2.30. The van der Waals surface area contributed by atoms with Crippen molar-refractivity contribution in [3.63, 3.8) is 0 Å². The number of ether oxygens (including phenoxy) is 1. The highest BCUT2D eigenvalue weighted by atomic mass is 16.5. The van der Waals surface area contributed by atoms with Crippen molar-refractivity contribution in [3.05, 3.63) is 78.9 Å². The van der Waals surface area contributed by atoms with Gasteiger partial charge in [-0.25, -0.2) is 15.0 Å². The molecule has 1 saturated carbocycles. The first kappa shape index (κ1) is 23.0. The fraction of sp³-hybridized carbons (Fsp3) is 0.241. The largest absolute Gasteiger partial charge is 0.439 e. The number of pyridine rings is 1. The van der Waals surface area contributed by atoms with E-state index in [0.717, 1.165) is 64.9 Å². The standard InChI is InChI=1S/C29H28N6O2/c1-31-29(36)20-10-8-19(9-11-20)28-34-25(26-27(30)32-15-16-35(26)28)21-12-7-18-13-14-24(33-23(18)17-21)37-22-5-3-2-4-6-22/h2-7,12-17,19-20H,8-11H2,1H3,(H2,30,32)(H,31,36). The molecule has 0 saturated heterocycles. The highest BCUT2D eigenvalue weighted by molar-refractivity contribution is 5.90. The van der Waals surface area contributed by atoms with E-state index in [1.165, 1.54) is 0 Å². The van der Waals surface area contributed by atoms with Gasteiger partial charge in [-0.05, 0) is 49.9 Å². The van der Waals surface area contributed by atoms with E-state index in [2.05, 4.69) is 14.7 Å². The van der Waals surface area contributed by atoms with Crippen molar-refractivity contribution in [1.82, 2.24) is 24.7 Å². The summed E-state index contributed by atoms with van der Waals surface area (Å²) in [6.45, 7) is 0. The van der Waals surface area contributed by atoms with E-state index in [1.807, 2.05) is 66.9 Å². The molecule has 0 bridgehead atoms. The van der Waals surface area contributed by atoms with Crippen molar-refractivity contribution in [3.8, 4) is 22.9 Å². The predicted molar refractivity (Wildman–Crippen MR) is 143 cm³/mol. The van der Waals surface area contributed by atoms with Crippen LogP contribution in [0.2, 0.25) is 0 Å². The number of hydrogen-bond acceptors (Lipinski definition) is 6. The van der Waals surface area contributed by atoms with E-state index in [1.54, 1.807) is 13.2 Å². The average Bonchev–Trinajstić information content (AvgIpc) is 3.34. The molecule has 1 fully saturated rings. The van der Waals surface area contributed by atoms with E-state index in [0.29, 0.717) is 11.7 Å². The van der Waals surface area contributed by atoms with Crippen LogP contribution in [0.4, 0.5) is 5.82 Å². The molecule has 6 rings (SSSR count). The summed E-state index contributed by atoms with van der Waals surface area (Å²) in [5, 5.41) is 3.79. The number of nitrogens with zero attached hydrogens (tertiary/aromatic N) is 4. The number of anilines is 1. The molecule has 8 heteroatoms. The maximum absolute atomic E-state index is 12.1. The fourth-order valence-electron chi connectivity index (χ4n) is 5.31. The van der Waals surface area contributed by atoms with Gasteiger partial charge in [-0.1, -0.05) is 30.3 Å². The summed E-state index contributed by atoms with van der Waals surface area (Å²) < 4.78 is 8.01.